The molecule has 12 heteroatoms. The van der Waals surface area contributed by atoms with Gasteiger partial charge in [-0.1, -0.05) is 0 Å². The van der Waals surface area contributed by atoms with Gasteiger partial charge in [-0.25, -0.2) is 12.4 Å². The average Bonchev–Trinajstić information content (AvgIpc) is 2.83. The Labute approximate surface area is 157 Å². The SMILES string of the molecule is Cc1cc2c(cc1[N+](=O)[O-])cc(C(C)(O)CSCC(F)(F)F)n2S(C)(=O)=O. The molecule has 0 saturated heterocycles. The summed E-state index contributed by atoms with van der Waals surface area (Å²) in [6.45, 7) is 2.64. The molecule has 2 aromatic rings. The first-order valence-corrected chi connectivity index (χ1v) is 10.5. The van der Waals surface area contributed by atoms with Crippen molar-refractivity contribution in [3.8, 4) is 0 Å². The first-order valence-electron chi connectivity index (χ1n) is 7.52. The molecule has 150 valence electrons. The molecule has 0 amide bonds. The molecule has 1 unspecified atom stereocenters. The molecule has 0 radical (unpaired) electrons. The zero-order valence-electron chi connectivity index (χ0n) is 14.6. The second kappa shape index (κ2) is 6.99. The zero-order valence-corrected chi connectivity index (χ0v) is 16.2. The number of aryl methyl sites for hydroxylation is 1. The van der Waals surface area contributed by atoms with Crippen LogP contribution in [0.25, 0.3) is 10.9 Å². The summed E-state index contributed by atoms with van der Waals surface area (Å²) in [4.78, 5) is 10.5. The summed E-state index contributed by atoms with van der Waals surface area (Å²) in [5, 5.41) is 22.0. The van der Waals surface area contributed by atoms with Crippen LogP contribution in [0.1, 0.15) is 18.2 Å². The number of fused-ring (bicyclic) bond motifs is 1. The van der Waals surface area contributed by atoms with E-state index in [1.165, 1.54) is 32.0 Å². The van der Waals surface area contributed by atoms with Crippen LogP contribution < -0.4 is 0 Å². The molecule has 0 aliphatic rings. The molecule has 0 saturated carbocycles. The van der Waals surface area contributed by atoms with Crippen molar-refractivity contribution < 1.29 is 31.6 Å². The minimum atomic E-state index is -4.43. The Morgan fingerprint density at radius 1 is 1.26 bits per heavy atom. The maximum absolute atomic E-state index is 12.4. The van der Waals surface area contributed by atoms with Crippen LogP contribution >= 0.6 is 11.8 Å². The van der Waals surface area contributed by atoms with Crippen LogP contribution in [0.2, 0.25) is 0 Å². The van der Waals surface area contributed by atoms with E-state index in [2.05, 4.69) is 0 Å². The third kappa shape index (κ3) is 4.74. The number of alkyl halides is 3. The summed E-state index contributed by atoms with van der Waals surface area (Å²) < 4.78 is 62.5. The van der Waals surface area contributed by atoms with Crippen LogP contribution in [-0.2, 0) is 15.6 Å². The summed E-state index contributed by atoms with van der Waals surface area (Å²) in [5.74, 6) is -1.62. The lowest BCUT2D eigenvalue weighted by Gasteiger charge is -2.24. The molecule has 0 bridgehead atoms. The van der Waals surface area contributed by atoms with Crippen LogP contribution in [0.4, 0.5) is 18.9 Å². The molecule has 2 rings (SSSR count). The Hall–Kier alpha value is -1.79. The standard InChI is InChI=1S/C15H17F3N2O5S2/c1-9-4-12-10(5-11(9)20(22)23)6-13(19(12)27(3,24)25)14(2,21)7-26-8-15(16,17)18/h4-6,21H,7-8H2,1-3H3. The number of nitro groups is 1. The number of halogens is 3. The number of nitrogens with zero attached hydrogens (tertiary/aromatic N) is 2. The largest absolute Gasteiger partial charge is 0.397 e. The number of nitro benzene ring substituents is 1. The van der Waals surface area contributed by atoms with E-state index in [0.717, 1.165) is 10.2 Å². The summed E-state index contributed by atoms with van der Waals surface area (Å²) in [6.07, 6.45) is -3.55. The van der Waals surface area contributed by atoms with E-state index in [4.69, 9.17) is 0 Å². The molecule has 1 N–H and O–H groups in total. The number of benzene rings is 1. The van der Waals surface area contributed by atoms with Crippen molar-refractivity contribution in [2.24, 2.45) is 0 Å². The smallest absolute Gasteiger partial charge is 0.383 e. The number of hydrogen-bond donors (Lipinski definition) is 1. The molecule has 1 aromatic carbocycles. The van der Waals surface area contributed by atoms with Crippen LogP contribution in [0, 0.1) is 17.0 Å². The lowest BCUT2D eigenvalue weighted by Crippen LogP contribution is -2.30. The summed E-state index contributed by atoms with van der Waals surface area (Å²) in [6, 6.07) is 3.72. The Morgan fingerprint density at radius 2 is 1.85 bits per heavy atom. The minimum Gasteiger partial charge on any atom is -0.383 e. The van der Waals surface area contributed by atoms with Crippen molar-refractivity contribution >= 4 is 38.4 Å². The lowest BCUT2D eigenvalue weighted by atomic mass is 10.1. The van der Waals surface area contributed by atoms with Gasteiger partial charge in [-0.05, 0) is 26.0 Å². The van der Waals surface area contributed by atoms with Gasteiger partial charge >= 0.3 is 6.18 Å². The molecule has 0 aliphatic heterocycles. The molecule has 0 fully saturated rings. The quantitative estimate of drug-likeness (QED) is 0.562. The number of hydrogen-bond acceptors (Lipinski definition) is 6. The fraction of sp³-hybridized carbons (Fsp3) is 0.467. The highest BCUT2D eigenvalue weighted by molar-refractivity contribution is 7.99. The van der Waals surface area contributed by atoms with Crippen LogP contribution in [0.3, 0.4) is 0 Å². The van der Waals surface area contributed by atoms with E-state index in [1.807, 2.05) is 0 Å². The van der Waals surface area contributed by atoms with Crippen LogP contribution in [-0.4, -0.2) is 46.4 Å². The van der Waals surface area contributed by atoms with Gasteiger partial charge in [0.1, 0.15) is 5.60 Å². The van der Waals surface area contributed by atoms with Gasteiger partial charge in [0.05, 0.1) is 28.1 Å². The monoisotopic (exact) mass is 426 g/mol. The summed E-state index contributed by atoms with van der Waals surface area (Å²) in [5.41, 5.74) is -1.98. The number of aromatic nitrogens is 1. The van der Waals surface area contributed by atoms with Crippen molar-refractivity contribution in [3.63, 3.8) is 0 Å². The van der Waals surface area contributed by atoms with Gasteiger partial charge in [0.15, 0.2) is 0 Å². The van der Waals surface area contributed by atoms with Crippen molar-refractivity contribution in [2.75, 3.05) is 17.8 Å². The predicted molar refractivity (Wildman–Crippen MR) is 96.5 cm³/mol. The van der Waals surface area contributed by atoms with Gasteiger partial charge in [0.25, 0.3) is 5.69 Å². The third-order valence-electron chi connectivity index (χ3n) is 3.80. The van der Waals surface area contributed by atoms with Crippen molar-refractivity contribution in [1.82, 2.24) is 3.97 Å². The molecular formula is C15H17F3N2O5S2. The molecule has 1 atom stereocenters. The van der Waals surface area contributed by atoms with Gasteiger partial charge in [-0.2, -0.15) is 13.2 Å². The number of rotatable bonds is 6. The van der Waals surface area contributed by atoms with Gasteiger partial charge in [0.2, 0.25) is 10.0 Å². The molecule has 7 nitrogen and oxygen atoms in total. The van der Waals surface area contributed by atoms with Gasteiger partial charge in [0, 0.05) is 22.8 Å². The highest BCUT2D eigenvalue weighted by atomic mass is 32.2. The molecular weight excluding hydrogens is 409 g/mol. The second-order valence-corrected chi connectivity index (χ2v) is 9.21. The lowest BCUT2D eigenvalue weighted by molar-refractivity contribution is -0.385. The second-order valence-electron chi connectivity index (χ2n) is 6.39. The Bertz CT molecular complexity index is 997. The van der Waals surface area contributed by atoms with E-state index in [0.29, 0.717) is 11.8 Å². The molecule has 27 heavy (non-hydrogen) atoms. The number of thioether (sulfide) groups is 1. The van der Waals surface area contributed by atoms with Gasteiger partial charge in [-0.3, -0.25) is 10.1 Å². The predicted octanol–water partition coefficient (Wildman–Crippen LogP) is 3.17. The molecule has 1 heterocycles. The van der Waals surface area contributed by atoms with Crippen LogP contribution in [0.15, 0.2) is 18.2 Å². The van der Waals surface area contributed by atoms with E-state index < -0.39 is 38.2 Å². The fourth-order valence-corrected chi connectivity index (χ4v) is 4.69. The molecule has 0 aliphatic carbocycles. The van der Waals surface area contributed by atoms with Crippen LogP contribution in [0.5, 0.6) is 0 Å². The highest BCUT2D eigenvalue weighted by Gasteiger charge is 2.34. The maximum atomic E-state index is 12.4. The fourth-order valence-electron chi connectivity index (χ4n) is 2.69. The minimum absolute atomic E-state index is 0.108. The van der Waals surface area contributed by atoms with Gasteiger partial charge < -0.3 is 5.11 Å². The van der Waals surface area contributed by atoms with Crippen molar-refractivity contribution in [2.45, 2.75) is 25.6 Å². The zero-order chi connectivity index (χ0) is 20.8. The summed E-state index contributed by atoms with van der Waals surface area (Å²) in [7, 11) is -3.95. The van der Waals surface area contributed by atoms with Gasteiger partial charge in [-0.15, -0.1) is 11.8 Å². The van der Waals surface area contributed by atoms with E-state index >= 15 is 0 Å². The van der Waals surface area contributed by atoms with Crippen molar-refractivity contribution in [3.05, 3.63) is 39.6 Å². The average molecular weight is 426 g/mol. The van der Waals surface area contributed by atoms with E-state index in [-0.39, 0.29) is 27.8 Å². The third-order valence-corrected chi connectivity index (χ3v) is 6.16. The summed E-state index contributed by atoms with van der Waals surface area (Å²) >= 11 is 0.411. The molecule has 0 spiro atoms. The Balaban J connectivity index is 2.63. The highest BCUT2D eigenvalue weighted by Crippen LogP contribution is 2.35. The number of aliphatic hydroxyl groups is 1. The van der Waals surface area contributed by atoms with Crippen molar-refractivity contribution in [1.29, 1.82) is 0 Å². The topological polar surface area (TPSA) is 102 Å². The Kier molecular flexibility index (Phi) is 5.56. The molecule has 1 aromatic heterocycles. The maximum Gasteiger partial charge on any atom is 0.397 e. The Morgan fingerprint density at radius 3 is 2.33 bits per heavy atom. The first kappa shape index (κ1) is 21.5. The normalized spacial score (nSPS) is 15.1. The van der Waals surface area contributed by atoms with E-state index in [1.54, 1.807) is 0 Å². The first-order chi connectivity index (χ1) is 12.1. The van der Waals surface area contributed by atoms with E-state index in [9.17, 15) is 36.8 Å².